The summed E-state index contributed by atoms with van der Waals surface area (Å²) in [5, 5.41) is 0. The molecule has 124 valence electrons. The van der Waals surface area contributed by atoms with E-state index in [0.717, 1.165) is 12.8 Å². The van der Waals surface area contributed by atoms with Crippen molar-refractivity contribution < 1.29 is 4.79 Å². The van der Waals surface area contributed by atoms with E-state index in [0.29, 0.717) is 12.2 Å². The SMILES string of the molecule is CCC(=O)C1C=C(c2ccc(C)cc2)C[C@H]1c1ccc(CC)cc1. The van der Waals surface area contributed by atoms with Gasteiger partial charge in [-0.15, -0.1) is 0 Å². The Morgan fingerprint density at radius 1 is 1.00 bits per heavy atom. The summed E-state index contributed by atoms with van der Waals surface area (Å²) in [5.41, 5.74) is 6.47. The summed E-state index contributed by atoms with van der Waals surface area (Å²) in [6.45, 7) is 6.25. The molecule has 0 amide bonds. The minimum atomic E-state index is 0.0128. The van der Waals surface area contributed by atoms with Crippen LogP contribution < -0.4 is 0 Å². The highest BCUT2D eigenvalue weighted by Gasteiger charge is 2.33. The van der Waals surface area contributed by atoms with E-state index >= 15 is 0 Å². The van der Waals surface area contributed by atoms with Crippen molar-refractivity contribution in [3.05, 3.63) is 76.9 Å². The van der Waals surface area contributed by atoms with E-state index in [1.807, 2.05) is 6.92 Å². The summed E-state index contributed by atoms with van der Waals surface area (Å²) in [7, 11) is 0. The lowest BCUT2D eigenvalue weighted by Crippen LogP contribution is -2.16. The van der Waals surface area contributed by atoms with Gasteiger partial charge in [0.1, 0.15) is 5.78 Å². The molecule has 0 bridgehead atoms. The number of hydrogen-bond acceptors (Lipinski definition) is 1. The van der Waals surface area contributed by atoms with E-state index < -0.39 is 0 Å². The van der Waals surface area contributed by atoms with Crippen molar-refractivity contribution in [3.63, 3.8) is 0 Å². The Morgan fingerprint density at radius 3 is 2.25 bits per heavy atom. The van der Waals surface area contributed by atoms with E-state index in [4.69, 9.17) is 0 Å². The fourth-order valence-corrected chi connectivity index (χ4v) is 3.63. The van der Waals surface area contributed by atoms with Gasteiger partial charge in [-0.1, -0.05) is 74.0 Å². The molecule has 2 atom stereocenters. The summed E-state index contributed by atoms with van der Waals surface area (Å²) in [6, 6.07) is 17.5. The van der Waals surface area contributed by atoms with Gasteiger partial charge in [0.15, 0.2) is 0 Å². The number of hydrogen-bond donors (Lipinski definition) is 0. The number of benzene rings is 2. The molecule has 2 aromatic carbocycles. The quantitative estimate of drug-likeness (QED) is 0.688. The van der Waals surface area contributed by atoms with Crippen LogP contribution in [0.1, 0.15) is 54.9 Å². The minimum Gasteiger partial charge on any atom is -0.299 e. The molecule has 0 aliphatic heterocycles. The number of Topliss-reactive ketones (excluding diaryl/α,β-unsaturated/α-hetero) is 1. The fraction of sp³-hybridized carbons (Fsp3) is 0.348. The van der Waals surface area contributed by atoms with Crippen molar-refractivity contribution in [2.45, 2.75) is 46.0 Å². The Labute approximate surface area is 145 Å². The zero-order chi connectivity index (χ0) is 17.1. The lowest BCUT2D eigenvalue weighted by Gasteiger charge is -2.19. The fourth-order valence-electron chi connectivity index (χ4n) is 3.63. The molecule has 0 saturated carbocycles. The third-order valence-electron chi connectivity index (χ3n) is 5.21. The van der Waals surface area contributed by atoms with Gasteiger partial charge in [0.05, 0.1) is 0 Å². The van der Waals surface area contributed by atoms with Gasteiger partial charge in [0, 0.05) is 18.3 Å². The first-order valence-corrected chi connectivity index (χ1v) is 9.01. The van der Waals surface area contributed by atoms with Crippen LogP contribution in [-0.2, 0) is 11.2 Å². The van der Waals surface area contributed by atoms with Gasteiger partial charge in [-0.2, -0.15) is 0 Å². The highest BCUT2D eigenvalue weighted by molar-refractivity contribution is 5.88. The number of aryl methyl sites for hydroxylation is 2. The van der Waals surface area contributed by atoms with Crippen molar-refractivity contribution in [1.82, 2.24) is 0 Å². The molecular formula is C23H26O. The Kier molecular flexibility index (Phi) is 4.99. The number of carbonyl (C=O) groups is 1. The highest BCUT2D eigenvalue weighted by atomic mass is 16.1. The van der Waals surface area contributed by atoms with Crippen LogP contribution in [-0.4, -0.2) is 5.78 Å². The summed E-state index contributed by atoms with van der Waals surface area (Å²) in [6.07, 6.45) is 4.82. The van der Waals surface area contributed by atoms with Crippen molar-refractivity contribution >= 4 is 11.4 Å². The molecule has 0 N–H and O–H groups in total. The topological polar surface area (TPSA) is 17.1 Å². The Balaban J connectivity index is 1.91. The van der Waals surface area contributed by atoms with Gasteiger partial charge in [-0.05, 0) is 42.0 Å². The zero-order valence-corrected chi connectivity index (χ0v) is 14.9. The van der Waals surface area contributed by atoms with Crippen molar-refractivity contribution in [2.24, 2.45) is 5.92 Å². The van der Waals surface area contributed by atoms with Gasteiger partial charge >= 0.3 is 0 Å². The Hall–Kier alpha value is -2.15. The van der Waals surface area contributed by atoms with Crippen LogP contribution in [0.15, 0.2) is 54.6 Å². The maximum absolute atomic E-state index is 12.5. The van der Waals surface area contributed by atoms with Crippen molar-refractivity contribution in [1.29, 1.82) is 0 Å². The average molecular weight is 318 g/mol. The summed E-state index contributed by atoms with van der Waals surface area (Å²) < 4.78 is 0. The molecule has 0 saturated heterocycles. The predicted molar refractivity (Wildman–Crippen MR) is 101 cm³/mol. The standard InChI is InChI=1S/C23H26O/c1-4-17-8-12-19(13-9-17)21-14-20(15-22(21)23(24)5-2)18-10-6-16(3)7-11-18/h6-13,15,21-22H,4-5,14H2,1-3H3/t21-,22?/m0/s1. The van der Waals surface area contributed by atoms with E-state index in [9.17, 15) is 4.79 Å². The second kappa shape index (κ2) is 7.17. The zero-order valence-electron chi connectivity index (χ0n) is 14.9. The molecule has 1 aliphatic carbocycles. The van der Waals surface area contributed by atoms with Gasteiger partial charge in [0.2, 0.25) is 0 Å². The summed E-state index contributed by atoms with van der Waals surface area (Å²) >= 11 is 0. The van der Waals surface area contributed by atoms with Crippen LogP contribution in [0.2, 0.25) is 0 Å². The Morgan fingerprint density at radius 2 is 1.67 bits per heavy atom. The number of ketones is 1. The van der Waals surface area contributed by atoms with E-state index in [-0.39, 0.29) is 11.8 Å². The molecule has 2 aromatic rings. The average Bonchev–Trinajstić information content (AvgIpc) is 3.07. The van der Waals surface area contributed by atoms with Crippen LogP contribution >= 0.6 is 0 Å². The van der Waals surface area contributed by atoms with Gasteiger partial charge < -0.3 is 0 Å². The van der Waals surface area contributed by atoms with E-state index in [1.54, 1.807) is 0 Å². The summed E-state index contributed by atoms with van der Waals surface area (Å²) in [5.74, 6) is 0.639. The molecule has 24 heavy (non-hydrogen) atoms. The maximum atomic E-state index is 12.5. The molecule has 1 aliphatic rings. The molecule has 0 spiro atoms. The van der Waals surface area contributed by atoms with Crippen LogP contribution in [0.5, 0.6) is 0 Å². The first-order chi connectivity index (χ1) is 11.6. The first kappa shape index (κ1) is 16.7. The number of allylic oxidation sites excluding steroid dienone is 2. The maximum Gasteiger partial charge on any atom is 0.140 e. The molecule has 0 heterocycles. The second-order valence-electron chi connectivity index (χ2n) is 6.81. The van der Waals surface area contributed by atoms with Crippen LogP contribution in [0.25, 0.3) is 5.57 Å². The predicted octanol–water partition coefficient (Wildman–Crippen LogP) is 5.72. The van der Waals surface area contributed by atoms with E-state index in [2.05, 4.69) is 68.5 Å². The molecule has 0 fully saturated rings. The third kappa shape index (κ3) is 3.36. The monoisotopic (exact) mass is 318 g/mol. The van der Waals surface area contributed by atoms with Gasteiger partial charge in [-0.3, -0.25) is 4.79 Å². The smallest absolute Gasteiger partial charge is 0.140 e. The van der Waals surface area contributed by atoms with Gasteiger partial charge in [0.25, 0.3) is 0 Å². The van der Waals surface area contributed by atoms with Crippen LogP contribution in [0, 0.1) is 12.8 Å². The normalized spacial score (nSPS) is 20.0. The second-order valence-corrected chi connectivity index (χ2v) is 6.81. The van der Waals surface area contributed by atoms with Gasteiger partial charge in [-0.25, -0.2) is 0 Å². The Bertz CT molecular complexity index is 735. The highest BCUT2D eigenvalue weighted by Crippen LogP contribution is 2.43. The molecule has 1 nitrogen and oxygen atoms in total. The lowest BCUT2D eigenvalue weighted by atomic mass is 9.84. The molecule has 1 heteroatoms. The van der Waals surface area contributed by atoms with Crippen LogP contribution in [0.3, 0.4) is 0 Å². The number of rotatable bonds is 5. The van der Waals surface area contributed by atoms with Crippen LogP contribution in [0.4, 0.5) is 0 Å². The summed E-state index contributed by atoms with van der Waals surface area (Å²) in [4.78, 5) is 12.5. The minimum absolute atomic E-state index is 0.0128. The van der Waals surface area contributed by atoms with Crippen molar-refractivity contribution in [2.75, 3.05) is 0 Å². The number of carbonyl (C=O) groups excluding carboxylic acids is 1. The van der Waals surface area contributed by atoms with Crippen molar-refractivity contribution in [3.8, 4) is 0 Å². The molecule has 3 rings (SSSR count). The molecule has 1 unspecified atom stereocenters. The molecule has 0 radical (unpaired) electrons. The third-order valence-corrected chi connectivity index (χ3v) is 5.21. The largest absolute Gasteiger partial charge is 0.299 e. The first-order valence-electron chi connectivity index (χ1n) is 9.01. The lowest BCUT2D eigenvalue weighted by molar-refractivity contribution is -0.121. The van der Waals surface area contributed by atoms with E-state index in [1.165, 1.54) is 27.8 Å². The molecule has 0 aromatic heterocycles. The molecular weight excluding hydrogens is 292 g/mol.